The van der Waals surface area contributed by atoms with Crippen LogP contribution in [-0.2, 0) is 17.9 Å². The highest BCUT2D eigenvalue weighted by atomic mass is 32.3. The van der Waals surface area contributed by atoms with Crippen LogP contribution in [0.4, 0.5) is 0 Å². The van der Waals surface area contributed by atoms with Crippen LogP contribution in [0.3, 0.4) is 0 Å². The fourth-order valence-electron chi connectivity index (χ4n) is 5.51. The van der Waals surface area contributed by atoms with E-state index in [1.165, 1.54) is 6.20 Å². The summed E-state index contributed by atoms with van der Waals surface area (Å²) in [5.41, 5.74) is 3.25. The monoisotopic (exact) mass is 599 g/mol. The fourth-order valence-corrected chi connectivity index (χ4v) is 8.42. The van der Waals surface area contributed by atoms with Gasteiger partial charge >= 0.3 is 5.97 Å². The van der Waals surface area contributed by atoms with Crippen molar-refractivity contribution in [3.05, 3.63) is 63.1 Å². The number of benzene rings is 1. The molecule has 0 saturated heterocycles. The average Bonchev–Trinajstić information content (AvgIpc) is 3.49. The first kappa shape index (κ1) is 29.5. The Balaban J connectivity index is 1.58. The van der Waals surface area contributed by atoms with E-state index in [1.54, 1.807) is 41.8 Å². The van der Waals surface area contributed by atoms with Crippen molar-refractivity contribution in [2.75, 3.05) is 6.54 Å². The molecule has 1 aliphatic rings. The smallest absolute Gasteiger partial charge is 0.310 e. The Labute approximate surface area is 245 Å². The standard InChI is InChI=1S/C29H37N5O5S2/c1-7-20-16-33(41(37,38)25-14-30-12-11-23(25)39-20)15-19-13-24(40-18(19)4)26(29(5,6)28(35)36)21-9-10-22-27(17(21)3)31-32-34(22)8-2/h9-14,20,26,37-38H,7-8,15-16H2,1-6H3,(H,35,36). The van der Waals surface area contributed by atoms with Crippen LogP contribution in [0.25, 0.3) is 11.0 Å². The summed E-state index contributed by atoms with van der Waals surface area (Å²) in [6.07, 6.45) is 3.51. The molecule has 220 valence electrons. The lowest BCUT2D eigenvalue weighted by Gasteiger charge is -2.41. The Morgan fingerprint density at radius 1 is 1.24 bits per heavy atom. The molecule has 2 unspecified atom stereocenters. The molecule has 4 aromatic rings. The van der Waals surface area contributed by atoms with E-state index in [0.717, 1.165) is 37.5 Å². The van der Waals surface area contributed by atoms with Crippen molar-refractivity contribution in [3.8, 4) is 5.75 Å². The summed E-state index contributed by atoms with van der Waals surface area (Å²) < 4.78 is 32.5. The van der Waals surface area contributed by atoms with Gasteiger partial charge in [-0.2, -0.15) is 4.31 Å². The topological polar surface area (TPSA) is 134 Å². The number of pyridine rings is 1. The highest BCUT2D eigenvalue weighted by molar-refractivity contribution is 8.22. The Morgan fingerprint density at radius 3 is 2.68 bits per heavy atom. The molecular weight excluding hydrogens is 562 g/mol. The summed E-state index contributed by atoms with van der Waals surface area (Å²) in [7, 11) is -3.37. The van der Waals surface area contributed by atoms with Crippen molar-refractivity contribution >= 4 is 39.1 Å². The maximum Gasteiger partial charge on any atom is 0.310 e. The van der Waals surface area contributed by atoms with Crippen LogP contribution in [0.15, 0.2) is 41.6 Å². The Morgan fingerprint density at radius 2 is 2.00 bits per heavy atom. The average molecular weight is 600 g/mol. The number of ether oxygens (including phenoxy) is 1. The van der Waals surface area contributed by atoms with E-state index in [1.807, 2.05) is 50.6 Å². The molecule has 1 aromatic carbocycles. The SMILES string of the molecule is CCC1CN(Cc2cc(C(c3ccc4c(nnn4CC)c3C)C(C)(C)C(=O)O)sc2C)S(O)(O)c2cnccc2O1. The van der Waals surface area contributed by atoms with Gasteiger partial charge in [-0.15, -0.1) is 27.2 Å². The Hall–Kier alpha value is -3.03. The third-order valence-corrected chi connectivity index (χ3v) is 11.1. The molecule has 0 bridgehead atoms. The van der Waals surface area contributed by atoms with Crippen molar-refractivity contribution in [2.24, 2.45) is 5.41 Å². The zero-order valence-corrected chi connectivity index (χ0v) is 25.8. The van der Waals surface area contributed by atoms with Gasteiger partial charge in [-0.3, -0.25) is 18.9 Å². The zero-order chi connectivity index (χ0) is 29.7. The normalized spacial score (nSPS) is 18.9. The van der Waals surface area contributed by atoms with Crippen LogP contribution in [0.2, 0.25) is 0 Å². The molecule has 4 heterocycles. The second-order valence-electron chi connectivity index (χ2n) is 11.1. The Bertz CT molecular complexity index is 1600. The summed E-state index contributed by atoms with van der Waals surface area (Å²) in [5, 5.41) is 19.0. The van der Waals surface area contributed by atoms with E-state index in [2.05, 4.69) is 15.3 Å². The van der Waals surface area contributed by atoms with E-state index in [4.69, 9.17) is 4.74 Å². The first-order valence-corrected chi connectivity index (χ1v) is 16.0. The maximum absolute atomic E-state index is 12.6. The number of carbonyl (C=O) groups is 1. The van der Waals surface area contributed by atoms with Crippen molar-refractivity contribution in [3.63, 3.8) is 0 Å². The van der Waals surface area contributed by atoms with Gasteiger partial charge in [0.05, 0.1) is 23.7 Å². The number of rotatable bonds is 8. The molecule has 3 N–H and O–H groups in total. The largest absolute Gasteiger partial charge is 0.487 e. The van der Waals surface area contributed by atoms with Gasteiger partial charge in [-0.25, -0.2) is 4.68 Å². The second kappa shape index (κ2) is 11.0. The number of fused-ring (bicyclic) bond motifs is 2. The van der Waals surface area contributed by atoms with Gasteiger partial charge in [0.2, 0.25) is 0 Å². The van der Waals surface area contributed by atoms with E-state index in [9.17, 15) is 19.0 Å². The quantitative estimate of drug-likeness (QED) is 0.208. The van der Waals surface area contributed by atoms with Crippen LogP contribution >= 0.6 is 22.1 Å². The molecule has 1 aliphatic heterocycles. The second-order valence-corrected chi connectivity index (χ2v) is 14.3. The number of thiophene rings is 1. The highest BCUT2D eigenvalue weighted by Gasteiger charge is 2.42. The van der Waals surface area contributed by atoms with Gasteiger partial charge in [0, 0.05) is 41.0 Å². The molecular formula is C29H37N5O5S2. The molecule has 0 radical (unpaired) electrons. The fraction of sp³-hybridized carbons (Fsp3) is 0.448. The number of aryl methyl sites for hydroxylation is 3. The maximum atomic E-state index is 12.6. The van der Waals surface area contributed by atoms with Crippen LogP contribution < -0.4 is 4.74 Å². The number of nitrogens with zero attached hydrogens (tertiary/aromatic N) is 5. The highest BCUT2D eigenvalue weighted by Crippen LogP contribution is 2.57. The number of aliphatic carboxylic acids is 1. The lowest BCUT2D eigenvalue weighted by Crippen LogP contribution is -2.34. The molecule has 0 spiro atoms. The summed E-state index contributed by atoms with van der Waals surface area (Å²) in [4.78, 5) is 18.9. The molecule has 0 amide bonds. The van der Waals surface area contributed by atoms with Gasteiger partial charge in [0.1, 0.15) is 22.3 Å². The van der Waals surface area contributed by atoms with Crippen LogP contribution in [0.5, 0.6) is 5.75 Å². The van der Waals surface area contributed by atoms with E-state index in [0.29, 0.717) is 25.3 Å². The molecule has 0 fully saturated rings. The van der Waals surface area contributed by atoms with Crippen molar-refractivity contribution in [1.29, 1.82) is 0 Å². The molecule has 0 saturated carbocycles. The Kier molecular flexibility index (Phi) is 7.90. The predicted molar refractivity (Wildman–Crippen MR) is 161 cm³/mol. The molecule has 10 nitrogen and oxygen atoms in total. The minimum absolute atomic E-state index is 0.229. The number of aromatic nitrogens is 4. The zero-order valence-electron chi connectivity index (χ0n) is 24.2. The van der Waals surface area contributed by atoms with Crippen molar-refractivity contribution in [2.45, 2.75) is 78.0 Å². The van der Waals surface area contributed by atoms with E-state index < -0.39 is 28.1 Å². The molecule has 12 heteroatoms. The predicted octanol–water partition coefficient (Wildman–Crippen LogP) is 6.46. The number of hydrogen-bond donors (Lipinski definition) is 3. The molecule has 2 atom stereocenters. The molecule has 3 aromatic heterocycles. The van der Waals surface area contributed by atoms with Gasteiger partial charge in [0.15, 0.2) is 0 Å². The minimum Gasteiger partial charge on any atom is -0.487 e. The van der Waals surface area contributed by atoms with Gasteiger partial charge in [-0.05, 0) is 69.9 Å². The van der Waals surface area contributed by atoms with Crippen LogP contribution in [0, 0.1) is 19.3 Å². The summed E-state index contributed by atoms with van der Waals surface area (Å²) in [5.74, 6) is -0.929. The van der Waals surface area contributed by atoms with Gasteiger partial charge < -0.3 is 9.84 Å². The molecule has 41 heavy (non-hydrogen) atoms. The third kappa shape index (κ3) is 5.12. The number of carboxylic acids is 1. The summed E-state index contributed by atoms with van der Waals surface area (Å²) in [6.45, 7) is 12.8. The first-order chi connectivity index (χ1) is 19.4. The third-order valence-electron chi connectivity index (χ3n) is 8.09. The van der Waals surface area contributed by atoms with Crippen LogP contribution in [-0.4, -0.2) is 57.1 Å². The lowest BCUT2D eigenvalue weighted by molar-refractivity contribution is -0.147. The van der Waals surface area contributed by atoms with Gasteiger partial charge in [-0.1, -0.05) is 18.2 Å². The minimum atomic E-state index is -3.37. The molecule has 0 aliphatic carbocycles. The van der Waals surface area contributed by atoms with Crippen LogP contribution in [0.1, 0.15) is 66.5 Å². The summed E-state index contributed by atoms with van der Waals surface area (Å²) >= 11 is 1.54. The summed E-state index contributed by atoms with van der Waals surface area (Å²) in [6, 6.07) is 7.65. The number of hydrogen-bond acceptors (Lipinski definition) is 9. The molecule has 5 rings (SSSR count). The van der Waals surface area contributed by atoms with Gasteiger partial charge in [0.25, 0.3) is 0 Å². The van der Waals surface area contributed by atoms with E-state index >= 15 is 0 Å². The van der Waals surface area contributed by atoms with Crippen molar-refractivity contribution in [1.82, 2.24) is 24.3 Å². The number of carboxylic acid groups (broad SMARTS) is 1. The van der Waals surface area contributed by atoms with E-state index in [-0.39, 0.29) is 17.5 Å². The first-order valence-electron chi connectivity index (χ1n) is 13.7. The lowest BCUT2D eigenvalue weighted by atomic mass is 9.72. The van der Waals surface area contributed by atoms with Crippen molar-refractivity contribution < 1.29 is 23.7 Å².